The minimum Gasteiger partial charge on any atom is -0.326 e. The lowest BCUT2D eigenvalue weighted by atomic mass is 10.3. The molecular formula is C8H12BrClN2O2S2. The van der Waals surface area contributed by atoms with Gasteiger partial charge >= 0.3 is 0 Å². The molecule has 1 fully saturated rings. The fraction of sp³-hybridized carbons (Fsp3) is 0.500. The molecule has 1 aliphatic heterocycles. The monoisotopic (exact) mass is 346 g/mol. The van der Waals surface area contributed by atoms with Crippen molar-refractivity contribution in [2.24, 2.45) is 5.73 Å². The van der Waals surface area contributed by atoms with Crippen LogP contribution in [0.3, 0.4) is 0 Å². The smallest absolute Gasteiger partial charge is 0.253 e. The summed E-state index contributed by atoms with van der Waals surface area (Å²) in [4.78, 5) is 0. The van der Waals surface area contributed by atoms with Crippen LogP contribution in [0.4, 0.5) is 0 Å². The van der Waals surface area contributed by atoms with E-state index in [9.17, 15) is 8.42 Å². The summed E-state index contributed by atoms with van der Waals surface area (Å²) >= 11 is 4.46. The Bertz CT molecular complexity index is 462. The summed E-state index contributed by atoms with van der Waals surface area (Å²) in [6, 6.07) is 1.71. The first-order chi connectivity index (χ1) is 7.01. The summed E-state index contributed by atoms with van der Waals surface area (Å²) < 4.78 is 26.7. The largest absolute Gasteiger partial charge is 0.326 e. The predicted molar refractivity (Wildman–Crippen MR) is 70.6 cm³/mol. The van der Waals surface area contributed by atoms with Gasteiger partial charge in [0.15, 0.2) is 0 Å². The van der Waals surface area contributed by atoms with E-state index >= 15 is 0 Å². The quantitative estimate of drug-likeness (QED) is 0.885. The highest BCUT2D eigenvalue weighted by Gasteiger charge is 2.32. The standard InChI is InChI=1S/C8H11BrN2O2S2.ClH/c9-7-2-4-14-8(7)15(12,13)11-3-1-6(10)5-11;/h2,4,6H,1,3,5,10H2;1H/t6-;/m1./s1. The van der Waals surface area contributed by atoms with E-state index in [1.165, 1.54) is 15.6 Å². The molecule has 1 aromatic heterocycles. The Hall–Kier alpha value is 0.340. The third kappa shape index (κ3) is 2.60. The maximum atomic E-state index is 12.1. The van der Waals surface area contributed by atoms with Crippen LogP contribution >= 0.6 is 39.7 Å². The Labute approximate surface area is 113 Å². The van der Waals surface area contributed by atoms with Crippen molar-refractivity contribution in [2.45, 2.75) is 16.7 Å². The number of nitrogens with zero attached hydrogens (tertiary/aromatic N) is 1. The highest BCUT2D eigenvalue weighted by Crippen LogP contribution is 2.31. The Morgan fingerprint density at radius 2 is 2.25 bits per heavy atom. The second kappa shape index (κ2) is 5.32. The van der Waals surface area contributed by atoms with Crippen LogP contribution in [0.5, 0.6) is 0 Å². The van der Waals surface area contributed by atoms with E-state index in [4.69, 9.17) is 5.73 Å². The molecule has 0 aromatic carbocycles. The zero-order valence-corrected chi connectivity index (χ0v) is 12.3. The van der Waals surface area contributed by atoms with Gasteiger partial charge in [-0.2, -0.15) is 4.31 Å². The molecule has 0 spiro atoms. The van der Waals surface area contributed by atoms with Crippen LogP contribution in [0.15, 0.2) is 20.1 Å². The van der Waals surface area contributed by atoms with Gasteiger partial charge in [-0.3, -0.25) is 0 Å². The molecule has 0 amide bonds. The molecule has 1 saturated heterocycles. The molecule has 8 heteroatoms. The van der Waals surface area contributed by atoms with Crippen molar-refractivity contribution in [1.29, 1.82) is 0 Å². The maximum Gasteiger partial charge on any atom is 0.253 e. The molecule has 1 atom stereocenters. The Balaban J connectivity index is 0.00000128. The Morgan fingerprint density at radius 3 is 2.69 bits per heavy atom. The summed E-state index contributed by atoms with van der Waals surface area (Å²) in [6.45, 7) is 0.945. The van der Waals surface area contributed by atoms with Gasteiger partial charge in [-0.05, 0) is 33.8 Å². The zero-order chi connectivity index (χ0) is 11.1. The molecule has 2 rings (SSSR count). The van der Waals surface area contributed by atoms with Crippen LogP contribution in [-0.2, 0) is 10.0 Å². The minimum absolute atomic E-state index is 0. The molecule has 2 N–H and O–H groups in total. The third-order valence-electron chi connectivity index (χ3n) is 2.35. The molecule has 0 bridgehead atoms. The number of sulfonamides is 1. The van der Waals surface area contributed by atoms with Crippen molar-refractivity contribution in [2.75, 3.05) is 13.1 Å². The summed E-state index contributed by atoms with van der Waals surface area (Å²) in [6.07, 6.45) is 0.738. The van der Waals surface area contributed by atoms with Crippen LogP contribution in [0.25, 0.3) is 0 Å². The molecule has 92 valence electrons. The van der Waals surface area contributed by atoms with Gasteiger partial charge in [0.1, 0.15) is 4.21 Å². The van der Waals surface area contributed by atoms with E-state index in [0.29, 0.717) is 21.8 Å². The lowest BCUT2D eigenvalue weighted by Gasteiger charge is -2.14. The Kier molecular flexibility index (Phi) is 4.79. The van der Waals surface area contributed by atoms with E-state index in [0.717, 1.165) is 6.42 Å². The molecule has 16 heavy (non-hydrogen) atoms. The SMILES string of the molecule is Cl.N[C@@H]1CCN(S(=O)(=O)c2sccc2Br)C1. The second-order valence-corrected chi connectivity index (χ2v) is 7.37. The fourth-order valence-corrected chi connectivity index (χ4v) is 5.51. The normalized spacial score (nSPS) is 22.0. The first-order valence-corrected chi connectivity index (χ1v) is 7.62. The van der Waals surface area contributed by atoms with Gasteiger partial charge < -0.3 is 5.73 Å². The van der Waals surface area contributed by atoms with Crippen LogP contribution in [0, 0.1) is 0 Å². The fourth-order valence-electron chi connectivity index (χ4n) is 1.55. The summed E-state index contributed by atoms with van der Waals surface area (Å²) in [7, 11) is -3.33. The number of hydrogen-bond donors (Lipinski definition) is 1. The molecule has 2 heterocycles. The molecule has 0 aliphatic carbocycles. The Morgan fingerprint density at radius 1 is 1.56 bits per heavy atom. The lowest BCUT2D eigenvalue weighted by Crippen LogP contribution is -2.31. The van der Waals surface area contributed by atoms with Gasteiger partial charge in [-0.25, -0.2) is 8.42 Å². The summed E-state index contributed by atoms with van der Waals surface area (Å²) in [5.41, 5.74) is 5.70. The van der Waals surface area contributed by atoms with E-state index < -0.39 is 10.0 Å². The average Bonchev–Trinajstić information content (AvgIpc) is 2.74. The van der Waals surface area contributed by atoms with Gasteiger partial charge in [0.05, 0.1) is 0 Å². The van der Waals surface area contributed by atoms with Crippen molar-refractivity contribution in [3.63, 3.8) is 0 Å². The van der Waals surface area contributed by atoms with Crippen molar-refractivity contribution in [1.82, 2.24) is 4.31 Å². The molecule has 1 aromatic rings. The zero-order valence-electron chi connectivity index (χ0n) is 8.30. The minimum atomic E-state index is -3.33. The first-order valence-electron chi connectivity index (χ1n) is 4.50. The van der Waals surface area contributed by atoms with E-state index in [2.05, 4.69) is 15.9 Å². The number of rotatable bonds is 2. The number of halogens is 2. The molecule has 0 radical (unpaired) electrons. The molecule has 0 saturated carbocycles. The average molecular weight is 348 g/mol. The van der Waals surface area contributed by atoms with Crippen LogP contribution in [-0.4, -0.2) is 31.9 Å². The van der Waals surface area contributed by atoms with Gasteiger partial charge in [0, 0.05) is 23.6 Å². The predicted octanol–water partition coefficient (Wildman–Crippen LogP) is 1.65. The van der Waals surface area contributed by atoms with Gasteiger partial charge in [-0.15, -0.1) is 23.7 Å². The highest BCUT2D eigenvalue weighted by atomic mass is 79.9. The van der Waals surface area contributed by atoms with Gasteiger partial charge in [-0.1, -0.05) is 0 Å². The third-order valence-corrected chi connectivity index (χ3v) is 6.86. The van der Waals surface area contributed by atoms with Crippen LogP contribution in [0.1, 0.15) is 6.42 Å². The number of hydrogen-bond acceptors (Lipinski definition) is 4. The van der Waals surface area contributed by atoms with Crippen LogP contribution < -0.4 is 5.73 Å². The lowest BCUT2D eigenvalue weighted by molar-refractivity contribution is 0.474. The van der Waals surface area contributed by atoms with Gasteiger partial charge in [0.2, 0.25) is 0 Å². The molecule has 0 unspecified atom stereocenters. The van der Waals surface area contributed by atoms with Crippen LogP contribution in [0.2, 0.25) is 0 Å². The molecule has 1 aliphatic rings. The molecule has 4 nitrogen and oxygen atoms in total. The number of nitrogens with two attached hydrogens (primary N) is 1. The first kappa shape index (κ1) is 14.4. The highest BCUT2D eigenvalue weighted by molar-refractivity contribution is 9.10. The second-order valence-electron chi connectivity index (χ2n) is 3.47. The molecular weight excluding hydrogens is 336 g/mol. The topological polar surface area (TPSA) is 63.4 Å². The van der Waals surface area contributed by atoms with E-state index in [1.807, 2.05) is 0 Å². The van der Waals surface area contributed by atoms with Crippen molar-refractivity contribution < 1.29 is 8.42 Å². The summed E-state index contributed by atoms with van der Waals surface area (Å²) in [5, 5.41) is 1.76. The van der Waals surface area contributed by atoms with Crippen molar-refractivity contribution >= 4 is 49.7 Å². The van der Waals surface area contributed by atoms with Crippen molar-refractivity contribution in [3.05, 3.63) is 15.9 Å². The van der Waals surface area contributed by atoms with Crippen molar-refractivity contribution in [3.8, 4) is 0 Å². The van der Waals surface area contributed by atoms with Gasteiger partial charge in [0.25, 0.3) is 10.0 Å². The van der Waals surface area contributed by atoms with E-state index in [1.54, 1.807) is 11.4 Å². The number of thiophene rings is 1. The van der Waals surface area contributed by atoms with E-state index in [-0.39, 0.29) is 18.4 Å². The maximum absolute atomic E-state index is 12.1. The summed E-state index contributed by atoms with van der Waals surface area (Å²) in [5.74, 6) is 0.